The first kappa shape index (κ1) is 13.5. The standard InChI is InChI=1S/C17H24N2O/c20-17(19-12-2-1-3-13-19)14-15-6-8-16(9-7-15)18-10-4-5-11-18/h6-9H,1-5,10-14H2. The molecule has 2 aliphatic rings. The first-order valence-electron chi connectivity index (χ1n) is 7.94. The molecule has 1 aromatic carbocycles. The maximum absolute atomic E-state index is 12.2. The SMILES string of the molecule is O=C(Cc1ccc(N2CCCC2)cc1)N1CCCCC1. The van der Waals surface area contributed by atoms with Crippen molar-refractivity contribution in [3.8, 4) is 0 Å². The minimum absolute atomic E-state index is 0.290. The Morgan fingerprint density at radius 3 is 2.10 bits per heavy atom. The van der Waals surface area contributed by atoms with E-state index in [0.29, 0.717) is 12.3 Å². The van der Waals surface area contributed by atoms with Crippen molar-refractivity contribution in [1.82, 2.24) is 4.90 Å². The van der Waals surface area contributed by atoms with Crippen molar-refractivity contribution in [2.75, 3.05) is 31.1 Å². The Kier molecular flexibility index (Phi) is 4.24. The van der Waals surface area contributed by atoms with E-state index in [1.165, 1.54) is 50.9 Å². The molecule has 2 heterocycles. The van der Waals surface area contributed by atoms with Crippen molar-refractivity contribution < 1.29 is 4.79 Å². The van der Waals surface area contributed by atoms with E-state index in [-0.39, 0.29) is 0 Å². The smallest absolute Gasteiger partial charge is 0.226 e. The van der Waals surface area contributed by atoms with Crippen LogP contribution in [-0.4, -0.2) is 37.0 Å². The third-order valence-electron chi connectivity index (χ3n) is 4.47. The van der Waals surface area contributed by atoms with Gasteiger partial charge in [0, 0.05) is 31.9 Å². The van der Waals surface area contributed by atoms with Crippen molar-refractivity contribution in [2.45, 2.75) is 38.5 Å². The van der Waals surface area contributed by atoms with E-state index < -0.39 is 0 Å². The summed E-state index contributed by atoms with van der Waals surface area (Å²) in [5, 5.41) is 0. The molecule has 0 N–H and O–H groups in total. The Morgan fingerprint density at radius 2 is 1.45 bits per heavy atom. The Morgan fingerprint density at radius 1 is 0.850 bits per heavy atom. The van der Waals surface area contributed by atoms with Crippen LogP contribution in [0.15, 0.2) is 24.3 Å². The number of hydrogen-bond donors (Lipinski definition) is 0. The Hall–Kier alpha value is -1.51. The van der Waals surface area contributed by atoms with Crippen LogP contribution < -0.4 is 4.90 Å². The summed E-state index contributed by atoms with van der Waals surface area (Å²) in [5.41, 5.74) is 2.44. The summed E-state index contributed by atoms with van der Waals surface area (Å²) in [4.78, 5) is 16.7. The highest BCUT2D eigenvalue weighted by Crippen LogP contribution is 2.21. The van der Waals surface area contributed by atoms with E-state index in [1.807, 2.05) is 4.90 Å². The lowest BCUT2D eigenvalue weighted by molar-refractivity contribution is -0.131. The number of hydrogen-bond acceptors (Lipinski definition) is 2. The molecule has 3 rings (SSSR count). The van der Waals surface area contributed by atoms with Gasteiger partial charge in [0.1, 0.15) is 0 Å². The monoisotopic (exact) mass is 272 g/mol. The van der Waals surface area contributed by atoms with E-state index in [0.717, 1.165) is 18.7 Å². The Bertz CT molecular complexity index is 443. The number of likely N-dealkylation sites (tertiary alicyclic amines) is 1. The van der Waals surface area contributed by atoms with Crippen LogP contribution in [0.1, 0.15) is 37.7 Å². The van der Waals surface area contributed by atoms with Crippen molar-refractivity contribution in [2.24, 2.45) is 0 Å². The Balaban J connectivity index is 1.58. The van der Waals surface area contributed by atoms with Crippen LogP contribution in [0, 0.1) is 0 Å². The molecule has 2 aliphatic heterocycles. The van der Waals surface area contributed by atoms with Gasteiger partial charge in [0.2, 0.25) is 5.91 Å². The molecule has 0 aliphatic carbocycles. The molecule has 0 bridgehead atoms. The molecule has 0 radical (unpaired) electrons. The number of carbonyl (C=O) groups excluding carboxylic acids is 1. The number of carbonyl (C=O) groups is 1. The summed E-state index contributed by atoms with van der Waals surface area (Å²) in [5.74, 6) is 0.290. The van der Waals surface area contributed by atoms with Gasteiger partial charge in [-0.2, -0.15) is 0 Å². The summed E-state index contributed by atoms with van der Waals surface area (Å²) < 4.78 is 0. The number of anilines is 1. The zero-order valence-corrected chi connectivity index (χ0v) is 12.2. The topological polar surface area (TPSA) is 23.6 Å². The highest BCUT2D eigenvalue weighted by Gasteiger charge is 2.17. The maximum atomic E-state index is 12.2. The van der Waals surface area contributed by atoms with E-state index in [4.69, 9.17) is 0 Å². The second-order valence-electron chi connectivity index (χ2n) is 5.98. The van der Waals surface area contributed by atoms with Gasteiger partial charge in [-0.25, -0.2) is 0 Å². The fraction of sp³-hybridized carbons (Fsp3) is 0.588. The Labute approximate surface area is 121 Å². The normalized spacial score (nSPS) is 19.4. The van der Waals surface area contributed by atoms with Crippen molar-refractivity contribution >= 4 is 11.6 Å². The molecule has 0 aromatic heterocycles. The summed E-state index contributed by atoms with van der Waals surface area (Å²) in [7, 11) is 0. The number of amides is 1. The van der Waals surface area contributed by atoms with Gasteiger partial charge in [0.05, 0.1) is 6.42 Å². The predicted molar refractivity (Wildman–Crippen MR) is 82.0 cm³/mol. The van der Waals surface area contributed by atoms with Gasteiger partial charge in [-0.05, 0) is 49.8 Å². The molecule has 1 amide bonds. The fourth-order valence-corrected chi connectivity index (χ4v) is 3.23. The van der Waals surface area contributed by atoms with Gasteiger partial charge in [-0.3, -0.25) is 4.79 Å². The van der Waals surface area contributed by atoms with Crippen LogP contribution >= 0.6 is 0 Å². The van der Waals surface area contributed by atoms with Crippen LogP contribution in [0.2, 0.25) is 0 Å². The average Bonchev–Trinajstić information content (AvgIpc) is 3.03. The van der Waals surface area contributed by atoms with Gasteiger partial charge in [-0.1, -0.05) is 12.1 Å². The molecule has 0 saturated carbocycles. The van der Waals surface area contributed by atoms with Crippen LogP contribution in [0.5, 0.6) is 0 Å². The van der Waals surface area contributed by atoms with E-state index in [1.54, 1.807) is 0 Å². The molecule has 2 saturated heterocycles. The summed E-state index contributed by atoms with van der Waals surface area (Å²) >= 11 is 0. The van der Waals surface area contributed by atoms with Gasteiger partial charge >= 0.3 is 0 Å². The first-order chi connectivity index (χ1) is 9.83. The molecule has 20 heavy (non-hydrogen) atoms. The molecule has 108 valence electrons. The number of nitrogens with zero attached hydrogens (tertiary/aromatic N) is 2. The molecule has 0 unspecified atom stereocenters. The van der Waals surface area contributed by atoms with Gasteiger partial charge in [-0.15, -0.1) is 0 Å². The third-order valence-corrected chi connectivity index (χ3v) is 4.47. The second-order valence-corrected chi connectivity index (χ2v) is 5.98. The predicted octanol–water partition coefficient (Wildman–Crippen LogP) is 2.84. The second kappa shape index (κ2) is 6.29. The van der Waals surface area contributed by atoms with E-state index >= 15 is 0 Å². The lowest BCUT2D eigenvalue weighted by Gasteiger charge is -2.26. The summed E-state index contributed by atoms with van der Waals surface area (Å²) in [6.45, 7) is 4.24. The molecule has 2 fully saturated rings. The molecule has 1 aromatic rings. The van der Waals surface area contributed by atoms with Crippen LogP contribution in [0.4, 0.5) is 5.69 Å². The van der Waals surface area contributed by atoms with Crippen molar-refractivity contribution in [3.05, 3.63) is 29.8 Å². The van der Waals surface area contributed by atoms with E-state index in [9.17, 15) is 4.79 Å². The summed E-state index contributed by atoms with van der Waals surface area (Å²) in [6, 6.07) is 8.58. The highest BCUT2D eigenvalue weighted by molar-refractivity contribution is 5.79. The summed E-state index contributed by atoms with van der Waals surface area (Å²) in [6.07, 6.45) is 6.76. The fourth-order valence-electron chi connectivity index (χ4n) is 3.23. The van der Waals surface area contributed by atoms with Crippen molar-refractivity contribution in [1.29, 1.82) is 0 Å². The first-order valence-corrected chi connectivity index (χ1v) is 7.94. The molecular weight excluding hydrogens is 248 g/mol. The quantitative estimate of drug-likeness (QED) is 0.844. The maximum Gasteiger partial charge on any atom is 0.226 e. The lowest BCUT2D eigenvalue weighted by Crippen LogP contribution is -2.36. The molecule has 3 nitrogen and oxygen atoms in total. The average molecular weight is 272 g/mol. The third kappa shape index (κ3) is 3.14. The van der Waals surface area contributed by atoms with Crippen molar-refractivity contribution in [3.63, 3.8) is 0 Å². The van der Waals surface area contributed by atoms with Crippen LogP contribution in [0.3, 0.4) is 0 Å². The molecule has 0 atom stereocenters. The zero-order valence-electron chi connectivity index (χ0n) is 12.2. The highest BCUT2D eigenvalue weighted by atomic mass is 16.2. The largest absolute Gasteiger partial charge is 0.372 e. The molecule has 3 heteroatoms. The van der Waals surface area contributed by atoms with Gasteiger partial charge < -0.3 is 9.80 Å². The minimum atomic E-state index is 0.290. The lowest BCUT2D eigenvalue weighted by atomic mass is 10.1. The van der Waals surface area contributed by atoms with E-state index in [2.05, 4.69) is 29.2 Å². The zero-order chi connectivity index (χ0) is 13.8. The number of rotatable bonds is 3. The number of piperidine rings is 1. The van der Waals surface area contributed by atoms with Gasteiger partial charge in [0.15, 0.2) is 0 Å². The van der Waals surface area contributed by atoms with Crippen LogP contribution in [-0.2, 0) is 11.2 Å². The minimum Gasteiger partial charge on any atom is -0.372 e. The van der Waals surface area contributed by atoms with Crippen LogP contribution in [0.25, 0.3) is 0 Å². The molecular formula is C17H24N2O. The molecule has 0 spiro atoms. The van der Waals surface area contributed by atoms with Gasteiger partial charge in [0.25, 0.3) is 0 Å². The number of benzene rings is 1.